The molecule has 2 aromatic heterocycles. The predicted octanol–water partition coefficient (Wildman–Crippen LogP) is 3.99. The van der Waals surface area contributed by atoms with E-state index in [0.29, 0.717) is 13.1 Å². The summed E-state index contributed by atoms with van der Waals surface area (Å²) in [5.74, 6) is 1.46. The van der Waals surface area contributed by atoms with Gasteiger partial charge in [-0.05, 0) is 35.9 Å². The molecular formula is C22H24N4O2S2. The van der Waals surface area contributed by atoms with Crippen molar-refractivity contribution in [3.63, 3.8) is 0 Å². The van der Waals surface area contributed by atoms with Crippen molar-refractivity contribution in [1.82, 2.24) is 20.1 Å². The van der Waals surface area contributed by atoms with Crippen LogP contribution in [-0.4, -0.2) is 39.1 Å². The highest BCUT2D eigenvalue weighted by Gasteiger charge is 2.19. The number of hydrogen-bond donors (Lipinski definition) is 1. The first-order valence-corrected chi connectivity index (χ1v) is 11.8. The van der Waals surface area contributed by atoms with Crippen LogP contribution >= 0.6 is 23.1 Å². The Morgan fingerprint density at radius 3 is 2.93 bits per heavy atom. The Balaban J connectivity index is 1.43. The Kier molecular flexibility index (Phi) is 7.34. The summed E-state index contributed by atoms with van der Waals surface area (Å²) in [6, 6.07) is 14.2. The maximum Gasteiger partial charge on any atom is 0.244 e. The van der Waals surface area contributed by atoms with Crippen molar-refractivity contribution in [2.75, 3.05) is 12.4 Å². The van der Waals surface area contributed by atoms with Gasteiger partial charge in [-0.25, -0.2) is 0 Å². The third-order valence-corrected chi connectivity index (χ3v) is 6.70. The van der Waals surface area contributed by atoms with Crippen molar-refractivity contribution in [3.05, 3.63) is 70.2 Å². The lowest BCUT2D eigenvalue weighted by Gasteiger charge is -2.12. The molecule has 1 atom stereocenters. The summed E-state index contributed by atoms with van der Waals surface area (Å²) in [4.78, 5) is 13.3. The fraction of sp³-hybridized carbons (Fsp3) is 0.318. The first-order valence-electron chi connectivity index (χ1n) is 9.98. The zero-order chi connectivity index (χ0) is 20.6. The molecule has 0 saturated carbocycles. The second-order valence-electron chi connectivity index (χ2n) is 6.98. The van der Waals surface area contributed by atoms with Crippen LogP contribution in [-0.2, 0) is 22.6 Å². The zero-order valence-electron chi connectivity index (χ0n) is 16.6. The van der Waals surface area contributed by atoms with Gasteiger partial charge in [-0.3, -0.25) is 4.79 Å². The van der Waals surface area contributed by atoms with Gasteiger partial charge >= 0.3 is 0 Å². The van der Waals surface area contributed by atoms with Gasteiger partial charge in [-0.15, -0.1) is 21.5 Å². The second kappa shape index (κ2) is 10.6. The largest absolute Gasteiger partial charge is 0.377 e. The average molecular weight is 441 g/mol. The maximum atomic E-state index is 12.2. The first kappa shape index (κ1) is 20.8. The summed E-state index contributed by atoms with van der Waals surface area (Å²) in [6.45, 7) is 1.84. The van der Waals surface area contributed by atoms with E-state index < -0.39 is 0 Å². The van der Waals surface area contributed by atoms with Crippen molar-refractivity contribution < 1.29 is 9.53 Å². The minimum atomic E-state index is -0.147. The lowest BCUT2D eigenvalue weighted by atomic mass is 10.2. The molecule has 156 valence electrons. The molecule has 6 nitrogen and oxygen atoms in total. The van der Waals surface area contributed by atoms with Gasteiger partial charge in [0.1, 0.15) is 0 Å². The molecule has 3 aromatic rings. The maximum absolute atomic E-state index is 12.2. The fourth-order valence-corrected chi connectivity index (χ4v) is 4.83. The summed E-state index contributed by atoms with van der Waals surface area (Å²) in [7, 11) is 0. The van der Waals surface area contributed by atoms with E-state index in [2.05, 4.69) is 32.2 Å². The predicted molar refractivity (Wildman–Crippen MR) is 120 cm³/mol. The highest BCUT2D eigenvalue weighted by atomic mass is 32.2. The number of thioether (sulfide) groups is 1. The molecular weight excluding hydrogens is 416 g/mol. The number of ether oxygens (including phenoxy) is 1. The van der Waals surface area contributed by atoms with E-state index in [9.17, 15) is 4.79 Å². The zero-order valence-corrected chi connectivity index (χ0v) is 18.2. The number of benzene rings is 1. The van der Waals surface area contributed by atoms with Crippen LogP contribution in [0.2, 0.25) is 0 Å². The topological polar surface area (TPSA) is 69.0 Å². The average Bonchev–Trinajstić information content (AvgIpc) is 3.53. The van der Waals surface area contributed by atoms with Crippen LogP contribution in [0.3, 0.4) is 0 Å². The van der Waals surface area contributed by atoms with Gasteiger partial charge in [0.2, 0.25) is 5.91 Å². The van der Waals surface area contributed by atoms with Crippen LogP contribution < -0.4 is 5.32 Å². The number of amides is 1. The van der Waals surface area contributed by atoms with E-state index >= 15 is 0 Å². The van der Waals surface area contributed by atoms with Crippen molar-refractivity contribution in [2.24, 2.45) is 0 Å². The van der Waals surface area contributed by atoms with Crippen molar-refractivity contribution >= 4 is 35.1 Å². The second-order valence-corrected chi connectivity index (χ2v) is 8.95. The van der Waals surface area contributed by atoms with Gasteiger partial charge in [-0.1, -0.05) is 48.2 Å². The third-order valence-electron chi connectivity index (χ3n) is 4.76. The van der Waals surface area contributed by atoms with Crippen LogP contribution in [0.4, 0.5) is 0 Å². The molecule has 4 rings (SSSR count). The van der Waals surface area contributed by atoms with E-state index in [1.807, 2.05) is 41.8 Å². The van der Waals surface area contributed by atoms with Gasteiger partial charge < -0.3 is 14.6 Å². The Bertz CT molecular complexity index is 964. The molecule has 0 bridgehead atoms. The number of aromatic nitrogens is 3. The number of hydrogen-bond acceptors (Lipinski definition) is 6. The summed E-state index contributed by atoms with van der Waals surface area (Å²) in [5, 5.41) is 14.5. The highest BCUT2D eigenvalue weighted by Crippen LogP contribution is 2.24. The molecule has 1 aliphatic heterocycles. The van der Waals surface area contributed by atoms with Crippen LogP contribution in [0, 0.1) is 0 Å². The van der Waals surface area contributed by atoms with E-state index in [1.54, 1.807) is 29.2 Å². The molecule has 1 aromatic carbocycles. The van der Waals surface area contributed by atoms with Crippen LogP contribution in [0.15, 0.2) is 59.1 Å². The Morgan fingerprint density at radius 2 is 2.17 bits per heavy atom. The SMILES string of the molecule is O=C(/C=C/c1cccs1)NCc1nnc(SC[C@H]2CCCO2)n1Cc1ccccc1. The van der Waals surface area contributed by atoms with E-state index in [1.165, 1.54) is 5.56 Å². The molecule has 0 aliphatic carbocycles. The molecule has 1 fully saturated rings. The Hall–Kier alpha value is -2.42. The number of rotatable bonds is 9. The number of nitrogens with one attached hydrogen (secondary N) is 1. The molecule has 0 unspecified atom stereocenters. The van der Waals surface area contributed by atoms with E-state index in [0.717, 1.165) is 41.1 Å². The molecule has 3 heterocycles. The molecule has 30 heavy (non-hydrogen) atoms. The van der Waals surface area contributed by atoms with Crippen molar-refractivity contribution in [1.29, 1.82) is 0 Å². The summed E-state index contributed by atoms with van der Waals surface area (Å²) >= 11 is 3.26. The first-order chi connectivity index (χ1) is 14.8. The third kappa shape index (κ3) is 5.81. The fourth-order valence-electron chi connectivity index (χ4n) is 3.19. The van der Waals surface area contributed by atoms with Gasteiger partial charge in [0.15, 0.2) is 11.0 Å². The van der Waals surface area contributed by atoms with Crippen molar-refractivity contribution in [3.8, 4) is 0 Å². The van der Waals surface area contributed by atoms with Crippen LogP contribution in [0.25, 0.3) is 6.08 Å². The molecule has 1 aliphatic rings. The standard InChI is InChI=1S/C22H24N4O2S2/c27-21(11-10-19-9-5-13-29-19)23-14-20-24-25-22(30-16-18-8-4-12-28-18)26(20)15-17-6-2-1-3-7-17/h1-3,5-7,9-11,13,18H,4,8,12,14-16H2,(H,23,27)/b11-10+/t18-/m1/s1. The highest BCUT2D eigenvalue weighted by molar-refractivity contribution is 7.99. The smallest absolute Gasteiger partial charge is 0.244 e. The van der Waals surface area contributed by atoms with Gasteiger partial charge in [0, 0.05) is 23.3 Å². The summed E-state index contributed by atoms with van der Waals surface area (Å²) in [6.07, 6.45) is 5.87. The Morgan fingerprint density at radius 1 is 1.27 bits per heavy atom. The molecule has 1 N–H and O–H groups in total. The number of carbonyl (C=O) groups is 1. The van der Waals surface area contributed by atoms with E-state index in [-0.39, 0.29) is 12.0 Å². The van der Waals surface area contributed by atoms with Crippen LogP contribution in [0.1, 0.15) is 29.1 Å². The number of thiophene rings is 1. The number of carbonyl (C=O) groups excluding carboxylic acids is 1. The Labute approximate surface area is 184 Å². The normalized spacial score (nSPS) is 16.3. The van der Waals surface area contributed by atoms with Gasteiger partial charge in [-0.2, -0.15) is 0 Å². The summed E-state index contributed by atoms with van der Waals surface area (Å²) in [5.41, 5.74) is 1.17. The van der Waals surface area contributed by atoms with Gasteiger partial charge in [0.25, 0.3) is 0 Å². The van der Waals surface area contributed by atoms with Crippen molar-refractivity contribution in [2.45, 2.75) is 37.2 Å². The van der Waals surface area contributed by atoms with Crippen LogP contribution in [0.5, 0.6) is 0 Å². The number of nitrogens with zero attached hydrogens (tertiary/aromatic N) is 3. The quantitative estimate of drug-likeness (QED) is 0.403. The molecule has 8 heteroatoms. The lowest BCUT2D eigenvalue weighted by Crippen LogP contribution is -2.23. The van der Waals surface area contributed by atoms with Gasteiger partial charge in [0.05, 0.1) is 19.2 Å². The molecule has 1 saturated heterocycles. The molecule has 0 spiro atoms. The van der Waals surface area contributed by atoms with E-state index in [4.69, 9.17) is 4.74 Å². The lowest BCUT2D eigenvalue weighted by molar-refractivity contribution is -0.116. The minimum Gasteiger partial charge on any atom is -0.377 e. The molecule has 1 amide bonds. The minimum absolute atomic E-state index is 0.147. The molecule has 0 radical (unpaired) electrons. The monoisotopic (exact) mass is 440 g/mol. The summed E-state index contributed by atoms with van der Waals surface area (Å²) < 4.78 is 7.82.